The third-order valence-electron chi connectivity index (χ3n) is 4.07. The highest BCUT2D eigenvalue weighted by molar-refractivity contribution is 5.75. The van der Waals surface area contributed by atoms with Gasteiger partial charge in [0.05, 0.1) is 0 Å². The third kappa shape index (κ3) is 3.15. The number of nitrogens with zero attached hydrogens (tertiary/aromatic N) is 1. The number of carbonyl (C=O) groups is 2. The molecule has 0 aromatic carbocycles. The fourth-order valence-corrected chi connectivity index (χ4v) is 3.10. The molecular formula is C13H22N2O3. The minimum absolute atomic E-state index is 0.0324. The Hall–Kier alpha value is -1.26. The van der Waals surface area contributed by atoms with Crippen LogP contribution in [-0.4, -0.2) is 40.6 Å². The quantitative estimate of drug-likeness (QED) is 0.786. The van der Waals surface area contributed by atoms with Crippen LogP contribution in [0.4, 0.5) is 4.79 Å². The second-order valence-corrected chi connectivity index (χ2v) is 5.62. The van der Waals surface area contributed by atoms with Crippen molar-refractivity contribution >= 4 is 12.0 Å². The Bertz CT molecular complexity index is 332. The van der Waals surface area contributed by atoms with Crippen LogP contribution in [0.1, 0.15) is 45.4 Å². The molecule has 3 atom stereocenters. The van der Waals surface area contributed by atoms with Crippen molar-refractivity contribution in [1.29, 1.82) is 0 Å². The van der Waals surface area contributed by atoms with Crippen LogP contribution in [0.25, 0.3) is 0 Å². The molecule has 2 fully saturated rings. The van der Waals surface area contributed by atoms with Crippen LogP contribution < -0.4 is 5.32 Å². The highest BCUT2D eigenvalue weighted by Crippen LogP contribution is 2.37. The van der Waals surface area contributed by atoms with E-state index >= 15 is 0 Å². The highest BCUT2D eigenvalue weighted by Gasteiger charge is 2.40. The summed E-state index contributed by atoms with van der Waals surface area (Å²) in [6.45, 7) is 2.84. The number of urea groups is 1. The number of hydrogen-bond acceptors (Lipinski definition) is 2. The van der Waals surface area contributed by atoms with Crippen LogP contribution in [0.15, 0.2) is 0 Å². The number of amides is 2. The van der Waals surface area contributed by atoms with Crippen molar-refractivity contribution in [3.63, 3.8) is 0 Å². The van der Waals surface area contributed by atoms with Gasteiger partial charge in [0.25, 0.3) is 0 Å². The average molecular weight is 254 g/mol. The maximum absolute atomic E-state index is 12.0. The molecule has 5 heteroatoms. The van der Waals surface area contributed by atoms with E-state index in [4.69, 9.17) is 5.11 Å². The zero-order valence-electron chi connectivity index (χ0n) is 10.9. The normalized spacial score (nSPS) is 27.3. The van der Waals surface area contributed by atoms with Crippen LogP contribution in [0.3, 0.4) is 0 Å². The Morgan fingerprint density at radius 2 is 2.22 bits per heavy atom. The van der Waals surface area contributed by atoms with Crippen molar-refractivity contribution in [3.8, 4) is 0 Å². The first-order chi connectivity index (χ1) is 8.56. The standard InChI is InChI=1S/C13H22N2O3/c1-9(3-2-4-12(16)17)14-13(18)15-8-10-5-6-11(15)7-10/h9-11H,2-8H2,1H3,(H,14,18)(H,16,17). The van der Waals surface area contributed by atoms with Gasteiger partial charge in [-0.25, -0.2) is 4.79 Å². The van der Waals surface area contributed by atoms with Crippen molar-refractivity contribution < 1.29 is 14.7 Å². The van der Waals surface area contributed by atoms with Gasteiger partial charge in [0.1, 0.15) is 0 Å². The van der Waals surface area contributed by atoms with Gasteiger partial charge in [-0.3, -0.25) is 4.79 Å². The molecule has 18 heavy (non-hydrogen) atoms. The predicted octanol–water partition coefficient (Wildman–Crippen LogP) is 1.82. The number of aliphatic carboxylic acids is 1. The Morgan fingerprint density at radius 3 is 2.78 bits per heavy atom. The molecule has 1 aliphatic carbocycles. The number of rotatable bonds is 5. The lowest BCUT2D eigenvalue weighted by Crippen LogP contribution is -2.47. The second kappa shape index (κ2) is 5.59. The molecule has 1 saturated carbocycles. The van der Waals surface area contributed by atoms with E-state index in [1.54, 1.807) is 0 Å². The molecule has 0 aromatic rings. The number of carboxylic acid groups (broad SMARTS) is 1. The van der Waals surface area contributed by atoms with E-state index in [1.165, 1.54) is 12.8 Å². The number of carbonyl (C=O) groups excluding carboxylic acids is 1. The van der Waals surface area contributed by atoms with Crippen LogP contribution in [0.2, 0.25) is 0 Å². The Labute approximate surface area is 108 Å². The van der Waals surface area contributed by atoms with E-state index in [9.17, 15) is 9.59 Å². The summed E-state index contributed by atoms with van der Waals surface area (Å²) in [4.78, 5) is 24.4. The van der Waals surface area contributed by atoms with E-state index in [-0.39, 0.29) is 18.5 Å². The molecular weight excluding hydrogens is 232 g/mol. The van der Waals surface area contributed by atoms with E-state index in [1.807, 2.05) is 11.8 Å². The number of fused-ring (bicyclic) bond motifs is 2. The molecule has 1 aliphatic heterocycles. The van der Waals surface area contributed by atoms with Crippen molar-refractivity contribution in [1.82, 2.24) is 10.2 Å². The lowest BCUT2D eigenvalue weighted by molar-refractivity contribution is -0.137. The van der Waals surface area contributed by atoms with Crippen molar-refractivity contribution in [2.45, 2.75) is 57.5 Å². The minimum Gasteiger partial charge on any atom is -0.481 e. The summed E-state index contributed by atoms with van der Waals surface area (Å²) in [5, 5.41) is 11.5. The molecule has 1 heterocycles. The van der Waals surface area contributed by atoms with Crippen LogP contribution >= 0.6 is 0 Å². The fourth-order valence-electron chi connectivity index (χ4n) is 3.10. The van der Waals surface area contributed by atoms with Crippen LogP contribution in [-0.2, 0) is 4.79 Å². The van der Waals surface area contributed by atoms with E-state index < -0.39 is 5.97 Å². The van der Waals surface area contributed by atoms with Crippen LogP contribution in [0.5, 0.6) is 0 Å². The summed E-state index contributed by atoms with van der Waals surface area (Å²) < 4.78 is 0. The number of piperidine rings is 1. The Balaban J connectivity index is 1.69. The van der Waals surface area contributed by atoms with Crippen molar-refractivity contribution in [2.75, 3.05) is 6.54 Å². The summed E-state index contributed by atoms with van der Waals surface area (Å²) in [6.07, 6.45) is 5.09. The number of carboxylic acids is 1. The van der Waals surface area contributed by atoms with Gasteiger partial charge in [0.15, 0.2) is 0 Å². The third-order valence-corrected chi connectivity index (χ3v) is 4.07. The molecule has 0 spiro atoms. The van der Waals surface area contributed by atoms with Crippen LogP contribution in [0, 0.1) is 5.92 Å². The first-order valence-electron chi connectivity index (χ1n) is 6.85. The van der Waals surface area contributed by atoms with E-state index in [2.05, 4.69) is 5.32 Å². The van der Waals surface area contributed by atoms with Gasteiger partial charge in [-0.2, -0.15) is 0 Å². The summed E-state index contributed by atoms with van der Waals surface area (Å²) in [6, 6.07) is 0.530. The van der Waals surface area contributed by atoms with Gasteiger partial charge >= 0.3 is 12.0 Å². The molecule has 1 saturated heterocycles. The number of nitrogens with one attached hydrogen (secondary N) is 1. The molecule has 0 aromatic heterocycles. The van der Waals surface area contributed by atoms with Gasteiger partial charge < -0.3 is 15.3 Å². The molecule has 2 rings (SSSR count). The first kappa shape index (κ1) is 13.2. The van der Waals surface area contributed by atoms with Gasteiger partial charge in [0.2, 0.25) is 0 Å². The monoisotopic (exact) mass is 254 g/mol. The van der Waals surface area contributed by atoms with Crippen molar-refractivity contribution in [2.24, 2.45) is 5.92 Å². The molecule has 2 aliphatic rings. The van der Waals surface area contributed by atoms with E-state index in [0.717, 1.165) is 19.4 Å². The number of hydrogen-bond donors (Lipinski definition) is 2. The molecule has 3 unspecified atom stereocenters. The van der Waals surface area contributed by atoms with Gasteiger partial charge in [-0.1, -0.05) is 0 Å². The summed E-state index contributed by atoms with van der Waals surface area (Å²) in [5.41, 5.74) is 0. The molecule has 102 valence electrons. The molecule has 2 N–H and O–H groups in total. The average Bonchev–Trinajstić information content (AvgIpc) is 2.89. The van der Waals surface area contributed by atoms with Gasteiger partial charge in [0, 0.05) is 25.0 Å². The molecule has 0 radical (unpaired) electrons. The largest absolute Gasteiger partial charge is 0.481 e. The van der Waals surface area contributed by atoms with E-state index in [0.29, 0.717) is 18.4 Å². The smallest absolute Gasteiger partial charge is 0.317 e. The topological polar surface area (TPSA) is 69.6 Å². The zero-order valence-corrected chi connectivity index (χ0v) is 10.9. The first-order valence-corrected chi connectivity index (χ1v) is 6.85. The summed E-state index contributed by atoms with van der Waals surface area (Å²) in [5.74, 6) is -0.0616. The molecule has 2 amide bonds. The fraction of sp³-hybridized carbons (Fsp3) is 0.846. The number of likely N-dealkylation sites (tertiary alicyclic amines) is 1. The minimum atomic E-state index is -0.773. The predicted molar refractivity (Wildman–Crippen MR) is 67.3 cm³/mol. The Kier molecular flexibility index (Phi) is 4.09. The zero-order chi connectivity index (χ0) is 13.1. The molecule has 2 bridgehead atoms. The molecule has 5 nitrogen and oxygen atoms in total. The maximum atomic E-state index is 12.0. The summed E-state index contributed by atoms with van der Waals surface area (Å²) in [7, 11) is 0. The van der Waals surface area contributed by atoms with Gasteiger partial charge in [-0.15, -0.1) is 0 Å². The highest BCUT2D eigenvalue weighted by atomic mass is 16.4. The SMILES string of the molecule is CC(CCCC(=O)O)NC(=O)N1CC2CCC1C2. The summed E-state index contributed by atoms with van der Waals surface area (Å²) >= 11 is 0. The second-order valence-electron chi connectivity index (χ2n) is 5.62. The van der Waals surface area contributed by atoms with Crippen molar-refractivity contribution in [3.05, 3.63) is 0 Å². The maximum Gasteiger partial charge on any atom is 0.317 e. The lowest BCUT2D eigenvalue weighted by atomic mass is 10.1. The Morgan fingerprint density at radius 1 is 1.44 bits per heavy atom. The lowest BCUT2D eigenvalue weighted by Gasteiger charge is -2.28. The van der Waals surface area contributed by atoms with Gasteiger partial charge in [-0.05, 0) is 44.9 Å².